The number of rotatable bonds is 4. The Bertz CT molecular complexity index is 589. The summed E-state index contributed by atoms with van der Waals surface area (Å²) in [5.74, 6) is 1.48. The quantitative estimate of drug-likeness (QED) is 0.835. The maximum absolute atomic E-state index is 8.63. The van der Waals surface area contributed by atoms with Crippen molar-refractivity contribution in [2.24, 2.45) is 0 Å². The van der Waals surface area contributed by atoms with Crippen LogP contribution in [0.4, 0.5) is 5.82 Å². The smallest absolute Gasteiger partial charge is 0.163 e. The van der Waals surface area contributed by atoms with E-state index in [0.29, 0.717) is 18.8 Å². The molecule has 2 aromatic rings. The summed E-state index contributed by atoms with van der Waals surface area (Å²) < 4.78 is 0. The summed E-state index contributed by atoms with van der Waals surface area (Å²) in [4.78, 5) is 15.0. The first-order valence-corrected chi connectivity index (χ1v) is 6.05. The number of aromatic nitrogens is 3. The Morgan fingerprint density at radius 3 is 2.89 bits per heavy atom. The standard InChI is InChI=1S/C14H15N5/c1-11-9-13(19(2)8-4-6-15)18-14(17-11)12-5-3-7-16-10-12/h3,5,7,9-10H,4,8H2,1-2H3. The van der Waals surface area contributed by atoms with Gasteiger partial charge in [0.05, 0.1) is 12.5 Å². The molecule has 0 saturated carbocycles. The van der Waals surface area contributed by atoms with Crippen molar-refractivity contribution in [1.82, 2.24) is 15.0 Å². The lowest BCUT2D eigenvalue weighted by Gasteiger charge is -2.17. The normalized spacial score (nSPS) is 9.95. The number of aryl methyl sites for hydroxylation is 1. The SMILES string of the molecule is Cc1cc(N(C)CCC#N)nc(-c2cccnc2)n1. The van der Waals surface area contributed by atoms with Gasteiger partial charge in [-0.2, -0.15) is 5.26 Å². The zero-order chi connectivity index (χ0) is 13.7. The van der Waals surface area contributed by atoms with Crippen LogP contribution in [-0.4, -0.2) is 28.5 Å². The first-order valence-electron chi connectivity index (χ1n) is 6.05. The van der Waals surface area contributed by atoms with E-state index in [1.165, 1.54) is 0 Å². The average molecular weight is 253 g/mol. The lowest BCUT2D eigenvalue weighted by molar-refractivity contribution is 0.877. The van der Waals surface area contributed by atoms with Gasteiger partial charge in [0.25, 0.3) is 0 Å². The Kier molecular flexibility index (Phi) is 4.04. The molecule has 96 valence electrons. The molecule has 2 rings (SSSR count). The Balaban J connectivity index is 2.33. The summed E-state index contributed by atoms with van der Waals surface area (Å²) in [6, 6.07) is 7.84. The second-order valence-electron chi connectivity index (χ2n) is 4.26. The Morgan fingerprint density at radius 2 is 2.21 bits per heavy atom. The molecule has 0 fully saturated rings. The fourth-order valence-corrected chi connectivity index (χ4v) is 1.70. The van der Waals surface area contributed by atoms with Crippen LogP contribution in [-0.2, 0) is 0 Å². The Labute approximate surface area is 112 Å². The van der Waals surface area contributed by atoms with E-state index in [4.69, 9.17) is 5.26 Å². The van der Waals surface area contributed by atoms with E-state index < -0.39 is 0 Å². The highest BCUT2D eigenvalue weighted by atomic mass is 15.2. The van der Waals surface area contributed by atoms with Crippen molar-refractivity contribution in [2.75, 3.05) is 18.5 Å². The fraction of sp³-hybridized carbons (Fsp3) is 0.286. The van der Waals surface area contributed by atoms with Crippen molar-refractivity contribution < 1.29 is 0 Å². The minimum absolute atomic E-state index is 0.474. The average Bonchev–Trinajstić information content (AvgIpc) is 2.45. The van der Waals surface area contributed by atoms with Crippen LogP contribution in [0.1, 0.15) is 12.1 Å². The molecule has 0 bridgehead atoms. The number of hydrogen-bond acceptors (Lipinski definition) is 5. The summed E-state index contributed by atoms with van der Waals surface area (Å²) in [5.41, 5.74) is 1.79. The zero-order valence-electron chi connectivity index (χ0n) is 11.0. The van der Waals surface area contributed by atoms with Crippen molar-refractivity contribution in [3.05, 3.63) is 36.3 Å². The number of anilines is 1. The van der Waals surface area contributed by atoms with Gasteiger partial charge in [0.1, 0.15) is 5.82 Å². The molecule has 5 nitrogen and oxygen atoms in total. The minimum Gasteiger partial charge on any atom is -0.359 e. The molecule has 0 radical (unpaired) electrons. The van der Waals surface area contributed by atoms with Crippen LogP contribution in [0, 0.1) is 18.3 Å². The molecule has 0 atom stereocenters. The van der Waals surface area contributed by atoms with Gasteiger partial charge >= 0.3 is 0 Å². The third-order valence-electron chi connectivity index (χ3n) is 2.71. The second kappa shape index (κ2) is 5.91. The van der Waals surface area contributed by atoms with Gasteiger partial charge in [-0.05, 0) is 19.1 Å². The van der Waals surface area contributed by atoms with Crippen molar-refractivity contribution >= 4 is 5.82 Å². The maximum atomic E-state index is 8.63. The number of nitriles is 1. The predicted molar refractivity (Wildman–Crippen MR) is 73.5 cm³/mol. The van der Waals surface area contributed by atoms with Crippen LogP contribution < -0.4 is 4.90 Å². The Hall–Kier alpha value is -2.48. The van der Waals surface area contributed by atoms with Crippen LogP contribution in [0.5, 0.6) is 0 Å². The van der Waals surface area contributed by atoms with E-state index in [-0.39, 0.29) is 0 Å². The van der Waals surface area contributed by atoms with E-state index in [1.54, 1.807) is 12.4 Å². The van der Waals surface area contributed by atoms with E-state index in [9.17, 15) is 0 Å². The van der Waals surface area contributed by atoms with Gasteiger partial charge < -0.3 is 4.90 Å². The highest BCUT2D eigenvalue weighted by molar-refractivity contribution is 5.56. The molecular formula is C14H15N5. The highest BCUT2D eigenvalue weighted by Gasteiger charge is 2.08. The Morgan fingerprint density at radius 1 is 1.37 bits per heavy atom. The lowest BCUT2D eigenvalue weighted by atomic mass is 10.2. The molecule has 19 heavy (non-hydrogen) atoms. The first-order chi connectivity index (χ1) is 9.20. The van der Waals surface area contributed by atoms with Crippen LogP contribution in [0.2, 0.25) is 0 Å². The third kappa shape index (κ3) is 3.26. The second-order valence-corrected chi connectivity index (χ2v) is 4.26. The molecule has 0 spiro atoms. The molecule has 0 aliphatic carbocycles. The maximum Gasteiger partial charge on any atom is 0.163 e. The van der Waals surface area contributed by atoms with E-state index in [0.717, 1.165) is 17.1 Å². The predicted octanol–water partition coefficient (Wildman–Crippen LogP) is 2.20. The van der Waals surface area contributed by atoms with Crippen molar-refractivity contribution in [1.29, 1.82) is 5.26 Å². The third-order valence-corrected chi connectivity index (χ3v) is 2.71. The highest BCUT2D eigenvalue weighted by Crippen LogP contribution is 2.18. The van der Waals surface area contributed by atoms with Crippen LogP contribution in [0.15, 0.2) is 30.6 Å². The number of nitrogens with zero attached hydrogens (tertiary/aromatic N) is 5. The van der Waals surface area contributed by atoms with Crippen molar-refractivity contribution in [3.63, 3.8) is 0 Å². The van der Waals surface area contributed by atoms with Gasteiger partial charge in [-0.1, -0.05) is 0 Å². The monoisotopic (exact) mass is 253 g/mol. The van der Waals surface area contributed by atoms with Crippen molar-refractivity contribution in [3.8, 4) is 17.5 Å². The van der Waals surface area contributed by atoms with Crippen LogP contribution >= 0.6 is 0 Å². The molecule has 0 aliphatic rings. The summed E-state index contributed by atoms with van der Waals surface area (Å²) in [6.45, 7) is 2.59. The van der Waals surface area contributed by atoms with Crippen LogP contribution in [0.25, 0.3) is 11.4 Å². The van der Waals surface area contributed by atoms with Gasteiger partial charge in [0.2, 0.25) is 0 Å². The fourth-order valence-electron chi connectivity index (χ4n) is 1.70. The summed E-state index contributed by atoms with van der Waals surface area (Å²) in [7, 11) is 1.92. The molecule has 0 aliphatic heterocycles. The molecule has 2 aromatic heterocycles. The molecule has 0 unspecified atom stereocenters. The van der Waals surface area contributed by atoms with E-state index in [2.05, 4.69) is 21.0 Å². The van der Waals surface area contributed by atoms with Gasteiger partial charge in [0, 0.05) is 43.3 Å². The molecule has 5 heteroatoms. The van der Waals surface area contributed by atoms with E-state index >= 15 is 0 Å². The molecule has 0 saturated heterocycles. The molecule has 2 heterocycles. The summed E-state index contributed by atoms with van der Waals surface area (Å²) >= 11 is 0. The molecule has 0 N–H and O–H groups in total. The van der Waals surface area contributed by atoms with Gasteiger partial charge in [0.15, 0.2) is 5.82 Å². The zero-order valence-corrected chi connectivity index (χ0v) is 11.0. The molecule has 0 amide bonds. The lowest BCUT2D eigenvalue weighted by Crippen LogP contribution is -2.20. The summed E-state index contributed by atoms with van der Waals surface area (Å²) in [5, 5.41) is 8.63. The van der Waals surface area contributed by atoms with Gasteiger partial charge in [-0.3, -0.25) is 4.98 Å². The first kappa shape index (κ1) is 13.0. The van der Waals surface area contributed by atoms with E-state index in [1.807, 2.05) is 37.1 Å². The number of hydrogen-bond donors (Lipinski definition) is 0. The van der Waals surface area contributed by atoms with Crippen LogP contribution in [0.3, 0.4) is 0 Å². The van der Waals surface area contributed by atoms with Gasteiger partial charge in [-0.25, -0.2) is 9.97 Å². The largest absolute Gasteiger partial charge is 0.359 e. The summed E-state index contributed by atoms with van der Waals surface area (Å²) in [6.07, 6.45) is 3.94. The molecular weight excluding hydrogens is 238 g/mol. The van der Waals surface area contributed by atoms with Gasteiger partial charge in [-0.15, -0.1) is 0 Å². The minimum atomic E-state index is 0.474. The van der Waals surface area contributed by atoms with Crippen molar-refractivity contribution in [2.45, 2.75) is 13.3 Å². The topological polar surface area (TPSA) is 65.7 Å². The number of pyridine rings is 1. The molecule has 0 aromatic carbocycles.